The zero-order valence-corrected chi connectivity index (χ0v) is 56.5. The molecule has 0 radical (unpaired) electrons. The first kappa shape index (κ1) is 70.4. The number of likely N-dealkylation sites (N-methyl/N-ethyl adjacent to an activating group) is 1. The molecule has 4 aromatic carbocycles. The van der Waals surface area contributed by atoms with E-state index in [1.807, 2.05) is 132 Å². The molecule has 498 valence electrons. The highest BCUT2D eigenvalue weighted by atomic mass is 32.2. The number of hydrogen-bond acceptors (Lipinski definition) is 19. The Morgan fingerprint density at radius 2 is 1.51 bits per heavy atom. The third-order valence-corrected chi connectivity index (χ3v) is 17.2. The molecule has 0 saturated carbocycles. The normalized spacial score (nSPS) is 13.6. The Morgan fingerprint density at radius 1 is 0.774 bits per heavy atom. The predicted octanol–water partition coefficient (Wildman–Crippen LogP) is 11.5. The second kappa shape index (κ2) is 34.5. The fourth-order valence-electron chi connectivity index (χ4n) is 11.4. The molecular weight excluding hydrogens is 1200 g/mol. The van der Waals surface area contributed by atoms with Crippen LogP contribution in [-0.2, 0) is 33.2 Å². The summed E-state index contributed by atoms with van der Waals surface area (Å²) in [7, 11) is 8.60. The lowest BCUT2D eigenvalue weighted by Crippen LogP contribution is -2.48. The topological polar surface area (TPSA) is 233 Å². The molecule has 6 aromatic rings. The highest BCUT2D eigenvalue weighted by molar-refractivity contribution is 8.00. The number of benzene rings is 4. The second-order valence-corrected chi connectivity index (χ2v) is 24.9. The van der Waals surface area contributed by atoms with Gasteiger partial charge in [0.15, 0.2) is 28.8 Å². The van der Waals surface area contributed by atoms with Crippen molar-refractivity contribution in [2.24, 2.45) is 14.1 Å². The number of aromatic nitrogens is 3. The first-order valence-corrected chi connectivity index (χ1v) is 33.0. The fourth-order valence-corrected chi connectivity index (χ4v) is 12.1. The van der Waals surface area contributed by atoms with Gasteiger partial charge in [-0.2, -0.15) is 0 Å². The van der Waals surface area contributed by atoms with Crippen molar-refractivity contribution in [1.29, 1.82) is 5.41 Å². The molecule has 1 aliphatic carbocycles. The molecule has 1 aliphatic heterocycles. The number of fused-ring (bicyclic) bond motifs is 1. The van der Waals surface area contributed by atoms with E-state index >= 15 is 0 Å². The third-order valence-electron chi connectivity index (χ3n) is 16.3. The van der Waals surface area contributed by atoms with E-state index in [0.717, 1.165) is 97.0 Å². The maximum Gasteiger partial charge on any atom is 0.328 e. The Labute approximate surface area is 550 Å². The SMILES string of the molecule is CCCOc1cc(OCCCCN(C)CC(=O)CCCOCCC(=O)NCCN2CCN(c3ccc(-c4cc(NC(C)C)c(C=N)c(C(=O)CCC5=C(C)C=C(C)CC5=O)c4)cn3)CC2)cc(Oc2cc3c(cc2NSc2ccc(OC)c(OC)c2)n(C)c(=O)n3C)c1. The number of pyridine rings is 1. The number of anilines is 3. The summed E-state index contributed by atoms with van der Waals surface area (Å²) in [4.78, 5) is 77.6. The van der Waals surface area contributed by atoms with Gasteiger partial charge < -0.3 is 54.1 Å². The maximum absolute atomic E-state index is 13.9. The molecule has 2 aromatic heterocycles. The predicted molar refractivity (Wildman–Crippen MR) is 369 cm³/mol. The van der Waals surface area contributed by atoms with E-state index in [1.54, 1.807) is 37.4 Å². The number of Topliss-reactive ketones (excluding diaryl/α,β-unsaturated/α-hetero) is 3. The van der Waals surface area contributed by atoms with E-state index in [4.69, 9.17) is 38.8 Å². The number of hydrogen-bond donors (Lipinski definition) is 4. The molecule has 22 heteroatoms. The molecule has 2 aliphatic rings. The standard InChI is InChI=1S/C71H92N10O11S/c1-11-30-90-53-38-54(40-55(39-53)92-67-43-63-62(78(7)71(86)79(63)8)42-61(67)76-93-56-17-20-66(87-9)68(41-56)88-10)91-32-13-12-24-77(6)46-52(82)15-14-31-89-33-22-70(85)73-23-25-80-26-28-81(29-27-80)69-21-16-50(45-74-69)51-36-58(59(44-72)60(37-51)75-47(2)3)64(83)19-18-57-49(5)34-48(4)35-65(57)84/h16-17,20-21,34,36-45,47,72,75-76H,11-15,18-19,22-33,35,46H2,1-10H3,(H,73,85). The van der Waals surface area contributed by atoms with Gasteiger partial charge in [0.25, 0.3) is 0 Å². The number of carbonyl (C=O) groups excluding carboxylic acids is 4. The molecule has 0 spiro atoms. The van der Waals surface area contributed by atoms with Crippen LogP contribution in [-0.4, -0.2) is 159 Å². The molecule has 21 nitrogen and oxygen atoms in total. The van der Waals surface area contributed by atoms with E-state index in [2.05, 4.69) is 25.2 Å². The summed E-state index contributed by atoms with van der Waals surface area (Å²) in [6.07, 6.45) is 9.61. The van der Waals surface area contributed by atoms with E-state index in [-0.39, 0.29) is 54.4 Å². The number of unbranched alkanes of at least 4 members (excludes halogenated alkanes) is 1. The molecule has 1 amide bonds. The van der Waals surface area contributed by atoms with Crippen molar-refractivity contribution < 1.29 is 47.6 Å². The molecule has 8 rings (SSSR count). The number of aryl methyl sites for hydroxylation is 2. The van der Waals surface area contributed by atoms with Crippen molar-refractivity contribution in [1.82, 2.24) is 29.2 Å². The zero-order valence-electron chi connectivity index (χ0n) is 55.7. The molecular formula is C71H92N10O11S. The van der Waals surface area contributed by atoms with Crippen LogP contribution < -0.4 is 49.6 Å². The van der Waals surface area contributed by atoms with Crippen LogP contribution in [0, 0.1) is 5.41 Å². The summed E-state index contributed by atoms with van der Waals surface area (Å²) >= 11 is 1.36. The lowest BCUT2D eigenvalue weighted by atomic mass is 9.88. The van der Waals surface area contributed by atoms with Gasteiger partial charge in [0, 0.05) is 156 Å². The van der Waals surface area contributed by atoms with Gasteiger partial charge in [-0.3, -0.25) is 38.1 Å². The first-order chi connectivity index (χ1) is 44.8. The molecule has 0 unspecified atom stereocenters. The Hall–Kier alpha value is -8.44. The number of allylic oxidation sites excluding steroid dienone is 4. The van der Waals surface area contributed by atoms with Crippen molar-refractivity contribution in [2.75, 3.05) is 115 Å². The average Bonchev–Trinajstić information content (AvgIpc) is 1.70. The number of ether oxygens (including phenoxy) is 6. The number of carbonyl (C=O) groups is 4. The monoisotopic (exact) mass is 1290 g/mol. The van der Waals surface area contributed by atoms with Crippen LogP contribution >= 0.6 is 11.9 Å². The number of imidazole rings is 1. The highest BCUT2D eigenvalue weighted by Crippen LogP contribution is 2.40. The van der Waals surface area contributed by atoms with Gasteiger partial charge in [0.05, 0.1) is 57.3 Å². The van der Waals surface area contributed by atoms with E-state index < -0.39 is 0 Å². The molecule has 0 bridgehead atoms. The molecule has 93 heavy (non-hydrogen) atoms. The zero-order chi connectivity index (χ0) is 66.6. The second-order valence-electron chi connectivity index (χ2n) is 24.0. The van der Waals surface area contributed by atoms with Crippen LogP contribution in [0.3, 0.4) is 0 Å². The van der Waals surface area contributed by atoms with Gasteiger partial charge in [-0.15, -0.1) is 0 Å². The minimum absolute atomic E-state index is 0.0682. The van der Waals surface area contributed by atoms with E-state index in [1.165, 1.54) is 18.2 Å². The quantitative estimate of drug-likeness (QED) is 0.0123. The minimum Gasteiger partial charge on any atom is -0.493 e. The number of amides is 1. The Bertz CT molecular complexity index is 3720. The number of nitrogens with one attached hydrogen (secondary N) is 4. The molecule has 0 atom stereocenters. The lowest BCUT2D eigenvalue weighted by molar-refractivity contribution is -0.123. The van der Waals surface area contributed by atoms with Crippen LogP contribution in [0.25, 0.3) is 22.2 Å². The number of ketones is 3. The highest BCUT2D eigenvalue weighted by Gasteiger charge is 2.24. The number of rotatable bonds is 37. The average molecular weight is 1290 g/mol. The number of piperazine rings is 1. The largest absolute Gasteiger partial charge is 0.493 e. The van der Waals surface area contributed by atoms with Crippen molar-refractivity contribution in [2.45, 2.75) is 103 Å². The summed E-state index contributed by atoms with van der Waals surface area (Å²) in [5, 5.41) is 14.7. The summed E-state index contributed by atoms with van der Waals surface area (Å²) in [6, 6.07) is 22.8. The van der Waals surface area contributed by atoms with Gasteiger partial charge in [-0.1, -0.05) is 18.6 Å². The maximum atomic E-state index is 13.9. The number of nitrogens with zero attached hydrogens (tertiary/aromatic N) is 6. The van der Waals surface area contributed by atoms with Crippen molar-refractivity contribution in [3.63, 3.8) is 0 Å². The van der Waals surface area contributed by atoms with Crippen LogP contribution in [0.15, 0.2) is 111 Å². The van der Waals surface area contributed by atoms with Gasteiger partial charge in [-0.25, -0.2) is 9.78 Å². The van der Waals surface area contributed by atoms with E-state index in [9.17, 15) is 24.0 Å². The van der Waals surface area contributed by atoms with Crippen molar-refractivity contribution in [3.8, 4) is 45.6 Å². The Morgan fingerprint density at radius 3 is 2.19 bits per heavy atom. The Kier molecular flexibility index (Phi) is 26.1. The van der Waals surface area contributed by atoms with Crippen LogP contribution in [0.5, 0.6) is 34.5 Å². The molecule has 1 fully saturated rings. The van der Waals surface area contributed by atoms with Crippen LogP contribution in [0.1, 0.15) is 108 Å². The third kappa shape index (κ3) is 19.8. The molecule has 4 N–H and O–H groups in total. The smallest absolute Gasteiger partial charge is 0.328 e. The van der Waals surface area contributed by atoms with Gasteiger partial charge in [0.2, 0.25) is 5.91 Å². The summed E-state index contributed by atoms with van der Waals surface area (Å²) < 4.78 is 42.2. The van der Waals surface area contributed by atoms with Gasteiger partial charge in [0.1, 0.15) is 28.8 Å². The molecule has 1 saturated heterocycles. The first-order valence-electron chi connectivity index (χ1n) is 32.1. The fraction of sp³-hybridized carbons (Fsp3) is 0.451. The van der Waals surface area contributed by atoms with Crippen LogP contribution in [0.2, 0.25) is 0 Å². The minimum atomic E-state index is -0.158. The summed E-state index contributed by atoms with van der Waals surface area (Å²) in [6.45, 7) is 17.1. The van der Waals surface area contributed by atoms with Crippen molar-refractivity contribution in [3.05, 3.63) is 123 Å². The molecule has 3 heterocycles. The lowest BCUT2D eigenvalue weighted by Gasteiger charge is -2.35. The van der Waals surface area contributed by atoms with Gasteiger partial charge >= 0.3 is 5.69 Å². The number of methoxy groups -OCH3 is 2. The van der Waals surface area contributed by atoms with E-state index in [0.29, 0.717) is 127 Å². The van der Waals surface area contributed by atoms with Crippen LogP contribution in [0.4, 0.5) is 17.2 Å². The Balaban J connectivity index is 0.701. The van der Waals surface area contributed by atoms with Gasteiger partial charge in [-0.05, 0) is 151 Å². The summed E-state index contributed by atoms with van der Waals surface area (Å²) in [5.74, 6) is 4.28. The van der Waals surface area contributed by atoms with Crippen molar-refractivity contribution >= 4 is 69.6 Å². The summed E-state index contributed by atoms with van der Waals surface area (Å²) in [5.41, 5.74) is 7.92.